The van der Waals surface area contributed by atoms with Gasteiger partial charge < -0.3 is 34.1 Å². The smallest absolute Gasteiger partial charge is 0.256 e. The molecule has 3 aromatic carbocycles. The lowest BCUT2D eigenvalue weighted by Crippen LogP contribution is -2.37. The fraction of sp³-hybridized carbons (Fsp3) is 0.447. The fourth-order valence-electron chi connectivity index (χ4n) is 8.21. The number of fused-ring (bicyclic) bond motifs is 4. The number of rotatable bonds is 8. The Morgan fingerprint density at radius 2 is 1.40 bits per heavy atom. The molecule has 0 unspecified atom stereocenters. The molecular formula is C38H40N4O6. The second-order valence-corrected chi connectivity index (χ2v) is 14.6. The van der Waals surface area contributed by atoms with Gasteiger partial charge >= 0.3 is 0 Å². The van der Waals surface area contributed by atoms with E-state index in [9.17, 15) is 9.59 Å². The van der Waals surface area contributed by atoms with Gasteiger partial charge in [-0.2, -0.15) is 0 Å². The Bertz CT molecular complexity index is 1860. The van der Waals surface area contributed by atoms with E-state index in [1.54, 1.807) is 20.3 Å². The molecule has 0 radical (unpaired) electrons. The van der Waals surface area contributed by atoms with Gasteiger partial charge in [0.15, 0.2) is 23.0 Å². The minimum absolute atomic E-state index is 0.00847. The van der Waals surface area contributed by atoms with Crippen molar-refractivity contribution in [1.82, 2.24) is 9.80 Å². The zero-order chi connectivity index (χ0) is 32.6. The summed E-state index contributed by atoms with van der Waals surface area (Å²) in [5.41, 5.74) is 5.15. The van der Waals surface area contributed by atoms with Crippen molar-refractivity contribution in [2.45, 2.75) is 63.8 Å². The quantitative estimate of drug-likeness (QED) is 0.320. The zero-order valence-electron chi connectivity index (χ0n) is 27.4. The summed E-state index contributed by atoms with van der Waals surface area (Å²) in [6, 6.07) is 15.6. The predicted octanol–water partition coefficient (Wildman–Crippen LogP) is 5.99. The van der Waals surface area contributed by atoms with Crippen LogP contribution < -0.4 is 24.3 Å². The maximum atomic E-state index is 13.5. The molecule has 2 saturated carbocycles. The molecule has 2 atom stereocenters. The summed E-state index contributed by atoms with van der Waals surface area (Å²) in [6.07, 6.45) is 8.83. The van der Waals surface area contributed by atoms with Crippen molar-refractivity contribution < 1.29 is 28.5 Å². The molecule has 9 rings (SSSR count). The van der Waals surface area contributed by atoms with E-state index >= 15 is 0 Å². The van der Waals surface area contributed by atoms with E-state index in [1.807, 2.05) is 53.6 Å². The van der Waals surface area contributed by atoms with E-state index in [4.69, 9.17) is 23.9 Å². The van der Waals surface area contributed by atoms with Crippen LogP contribution in [0, 0.1) is 10.8 Å². The van der Waals surface area contributed by atoms with E-state index in [0.29, 0.717) is 63.9 Å². The van der Waals surface area contributed by atoms with Crippen molar-refractivity contribution in [3.05, 3.63) is 70.8 Å². The average Bonchev–Trinajstić information content (AvgIpc) is 3.99. The van der Waals surface area contributed by atoms with Gasteiger partial charge in [0, 0.05) is 44.0 Å². The van der Waals surface area contributed by atoms with Crippen LogP contribution in [0.25, 0.3) is 0 Å². The third kappa shape index (κ3) is 5.04. The second-order valence-electron chi connectivity index (χ2n) is 14.6. The highest BCUT2D eigenvalue weighted by Crippen LogP contribution is 2.56. The van der Waals surface area contributed by atoms with E-state index in [0.717, 1.165) is 49.3 Å². The van der Waals surface area contributed by atoms with Crippen LogP contribution >= 0.6 is 0 Å². The number of hydrogen-bond donors (Lipinski definition) is 1. The third-order valence-electron chi connectivity index (χ3n) is 11.3. The molecule has 2 saturated heterocycles. The van der Waals surface area contributed by atoms with Crippen LogP contribution in [0.2, 0.25) is 0 Å². The number of aliphatic imine (C=N–C) groups is 1. The summed E-state index contributed by atoms with van der Waals surface area (Å²) in [4.78, 5) is 35.8. The lowest BCUT2D eigenvalue weighted by atomic mass is 10.0. The Kier molecular flexibility index (Phi) is 6.68. The molecule has 0 aromatic heterocycles. The van der Waals surface area contributed by atoms with E-state index < -0.39 is 0 Å². The molecule has 2 amide bonds. The van der Waals surface area contributed by atoms with Crippen molar-refractivity contribution in [3.63, 3.8) is 0 Å². The fourth-order valence-corrected chi connectivity index (χ4v) is 8.21. The highest BCUT2D eigenvalue weighted by atomic mass is 16.5. The maximum Gasteiger partial charge on any atom is 0.256 e. The van der Waals surface area contributed by atoms with Crippen LogP contribution in [-0.4, -0.2) is 73.8 Å². The molecule has 4 fully saturated rings. The Hall–Kier alpha value is -4.73. The third-order valence-corrected chi connectivity index (χ3v) is 11.3. The number of anilines is 1. The van der Waals surface area contributed by atoms with E-state index in [2.05, 4.69) is 10.2 Å². The van der Waals surface area contributed by atoms with Crippen molar-refractivity contribution in [1.29, 1.82) is 0 Å². The van der Waals surface area contributed by atoms with Gasteiger partial charge in [-0.15, -0.1) is 0 Å². The largest absolute Gasteiger partial charge is 0.493 e. The van der Waals surface area contributed by atoms with Gasteiger partial charge in [0.2, 0.25) is 0 Å². The number of benzene rings is 3. The first-order chi connectivity index (χ1) is 23.3. The van der Waals surface area contributed by atoms with Crippen LogP contribution in [0.1, 0.15) is 70.4 Å². The molecule has 4 aliphatic heterocycles. The summed E-state index contributed by atoms with van der Waals surface area (Å²) in [5.74, 6) is 2.23. The van der Waals surface area contributed by atoms with Crippen LogP contribution in [0.5, 0.6) is 23.0 Å². The summed E-state index contributed by atoms with van der Waals surface area (Å²) < 4.78 is 23.9. The molecule has 10 heteroatoms. The first-order valence-electron chi connectivity index (χ1n) is 17.0. The van der Waals surface area contributed by atoms with Gasteiger partial charge in [0.05, 0.1) is 42.8 Å². The van der Waals surface area contributed by atoms with Gasteiger partial charge in [-0.3, -0.25) is 14.6 Å². The summed E-state index contributed by atoms with van der Waals surface area (Å²) >= 11 is 0. The van der Waals surface area contributed by atoms with Crippen LogP contribution in [-0.2, 0) is 13.2 Å². The first kappa shape index (κ1) is 29.4. The SMILES string of the molecule is COc1cc2c(cc1OCc1cccc(COc3cc4c(cc3OC)C(=O)N3CC5(CC5)C[C@H]3CN4)c1)N=C[C@@H]1CC3(CC3)CN1C2=O. The Morgan fingerprint density at radius 1 is 0.771 bits per heavy atom. The first-order valence-corrected chi connectivity index (χ1v) is 17.0. The Labute approximate surface area is 280 Å². The van der Waals surface area contributed by atoms with Crippen LogP contribution in [0.3, 0.4) is 0 Å². The molecule has 48 heavy (non-hydrogen) atoms. The highest BCUT2D eigenvalue weighted by molar-refractivity contribution is 6.04. The van der Waals surface area contributed by atoms with Crippen LogP contribution in [0.15, 0.2) is 53.5 Å². The molecule has 0 bridgehead atoms. The molecule has 248 valence electrons. The number of nitrogens with zero attached hydrogens (tertiary/aromatic N) is 3. The van der Waals surface area contributed by atoms with Crippen molar-refractivity contribution in [2.24, 2.45) is 15.8 Å². The molecule has 10 nitrogen and oxygen atoms in total. The summed E-state index contributed by atoms with van der Waals surface area (Å²) in [7, 11) is 3.19. The van der Waals surface area contributed by atoms with Gasteiger partial charge in [0.1, 0.15) is 13.2 Å². The monoisotopic (exact) mass is 648 g/mol. The van der Waals surface area contributed by atoms with Crippen LogP contribution in [0.4, 0.5) is 11.4 Å². The summed E-state index contributed by atoms with van der Waals surface area (Å²) in [6.45, 7) is 3.01. The number of methoxy groups -OCH3 is 2. The lowest BCUT2D eigenvalue weighted by molar-refractivity contribution is 0.0741. The van der Waals surface area contributed by atoms with Gasteiger partial charge in [-0.1, -0.05) is 18.2 Å². The molecule has 2 aliphatic carbocycles. The average molecular weight is 649 g/mol. The molecule has 1 N–H and O–H groups in total. The number of carbonyl (C=O) groups excluding carboxylic acids is 2. The van der Waals surface area contributed by atoms with Gasteiger partial charge in [0.25, 0.3) is 11.8 Å². The maximum absolute atomic E-state index is 13.5. The topological polar surface area (TPSA) is 102 Å². The molecule has 4 heterocycles. The molecule has 3 aromatic rings. The van der Waals surface area contributed by atoms with Crippen molar-refractivity contribution >= 4 is 29.4 Å². The van der Waals surface area contributed by atoms with Crippen molar-refractivity contribution in [3.8, 4) is 23.0 Å². The predicted molar refractivity (Wildman–Crippen MR) is 180 cm³/mol. The number of carbonyl (C=O) groups is 2. The van der Waals surface area contributed by atoms with Gasteiger partial charge in [-0.25, -0.2) is 0 Å². The number of ether oxygens (including phenoxy) is 4. The Balaban J connectivity index is 0.886. The van der Waals surface area contributed by atoms with E-state index in [-0.39, 0.29) is 23.9 Å². The second kappa shape index (κ2) is 10.9. The lowest BCUT2D eigenvalue weighted by Gasteiger charge is -2.21. The number of nitrogens with one attached hydrogen (secondary N) is 1. The number of hydrogen-bond acceptors (Lipinski definition) is 8. The molecular weight excluding hydrogens is 608 g/mol. The highest BCUT2D eigenvalue weighted by Gasteiger charge is 2.54. The zero-order valence-corrected chi connectivity index (χ0v) is 27.4. The summed E-state index contributed by atoms with van der Waals surface area (Å²) in [5, 5.41) is 3.52. The normalized spacial score (nSPS) is 23.5. The standard InChI is InChI=1S/C38H40N4O6/c1-45-31-11-27-29(39-17-25-15-37(6-7-37)21-41(25)35(27)43)13-33(31)47-19-23-4-3-5-24(10-23)20-48-34-14-30-28(12-32(34)46-2)36(44)42-22-38(8-9-38)16-26(42)18-40-30/h3-5,10-14,17,25-26,40H,6-9,15-16,18-22H2,1-2H3/t25-,26-/m0/s1. The number of amides is 2. The molecule has 6 aliphatic rings. The van der Waals surface area contributed by atoms with E-state index in [1.165, 1.54) is 25.7 Å². The minimum Gasteiger partial charge on any atom is -0.493 e. The van der Waals surface area contributed by atoms with Gasteiger partial charge in [-0.05, 0) is 78.7 Å². The van der Waals surface area contributed by atoms with Crippen molar-refractivity contribution in [2.75, 3.05) is 39.2 Å². The Morgan fingerprint density at radius 3 is 2.08 bits per heavy atom. The molecule has 2 spiro atoms. The minimum atomic E-state index is 0.00847.